The predicted octanol–water partition coefficient (Wildman–Crippen LogP) is 9.90. The fourth-order valence-corrected chi connectivity index (χ4v) is 6.47. The van der Waals surface area contributed by atoms with Crippen LogP contribution in [0.5, 0.6) is 0 Å². The lowest BCUT2D eigenvalue weighted by Gasteiger charge is -2.05. The molecule has 164 valence electrons. The molecule has 0 aliphatic heterocycles. The van der Waals surface area contributed by atoms with E-state index in [0.29, 0.717) is 0 Å². The van der Waals surface area contributed by atoms with Crippen LogP contribution in [0.2, 0.25) is 0 Å². The molecule has 0 fully saturated rings. The van der Waals surface area contributed by atoms with Gasteiger partial charge in [-0.2, -0.15) is 0 Å². The van der Waals surface area contributed by atoms with Crippen molar-refractivity contribution < 1.29 is 0 Å². The Morgan fingerprint density at radius 2 is 1.21 bits per heavy atom. The Labute approximate surface area is 204 Å². The van der Waals surface area contributed by atoms with Crippen LogP contribution in [0.25, 0.3) is 41.7 Å². The summed E-state index contributed by atoms with van der Waals surface area (Å²) in [6, 6.07) is 18.3. The second kappa shape index (κ2) is 10.0. The molecule has 5 rings (SSSR count). The molecule has 0 N–H and O–H groups in total. The maximum Gasteiger partial charge on any atom is 0.0781 e. The summed E-state index contributed by atoms with van der Waals surface area (Å²) in [5.41, 5.74) is 0. The zero-order valence-corrected chi connectivity index (χ0v) is 21.0. The van der Waals surface area contributed by atoms with Crippen LogP contribution < -0.4 is 0 Å². The van der Waals surface area contributed by atoms with Crippen LogP contribution in [0.4, 0.5) is 0 Å². The van der Waals surface area contributed by atoms with Crippen LogP contribution in [0, 0.1) is 23.7 Å². The van der Waals surface area contributed by atoms with Crippen molar-refractivity contribution in [1.29, 1.82) is 0 Å². The molecule has 0 atom stereocenters. The lowest BCUT2D eigenvalue weighted by Crippen LogP contribution is -1.78. The van der Waals surface area contributed by atoms with Crippen molar-refractivity contribution in [3.8, 4) is 23.7 Å². The summed E-state index contributed by atoms with van der Waals surface area (Å²) in [6.07, 6.45) is 8.93. The van der Waals surface area contributed by atoms with E-state index >= 15 is 0 Å². The Morgan fingerprint density at radius 3 is 1.82 bits per heavy atom. The predicted molar refractivity (Wildman–Crippen MR) is 150 cm³/mol. The standard InChI is InChI=1S/C31H28S2/c1-3-5-6-7-8-9-10-11-13-27-19-25-17-23-15-14-22-16-24-18-26(12-4-2)32-30(24)20-28(22)29(23)21-31(25)33-27/h14-21H,3,5-10H2,1-2H3. The Hall–Kier alpha value is -2.78. The Bertz CT molecular complexity index is 1570. The van der Waals surface area contributed by atoms with Gasteiger partial charge in [-0.15, -0.1) is 28.6 Å². The van der Waals surface area contributed by atoms with Crippen LogP contribution in [0.15, 0.2) is 48.5 Å². The van der Waals surface area contributed by atoms with Gasteiger partial charge in [-0.25, -0.2) is 0 Å². The van der Waals surface area contributed by atoms with Gasteiger partial charge >= 0.3 is 0 Å². The van der Waals surface area contributed by atoms with Crippen LogP contribution in [-0.2, 0) is 0 Å². The van der Waals surface area contributed by atoms with E-state index in [2.05, 4.69) is 79.1 Å². The first-order valence-electron chi connectivity index (χ1n) is 12.0. The topological polar surface area (TPSA) is 0 Å². The van der Waals surface area contributed by atoms with E-state index in [9.17, 15) is 0 Å². The second-order valence-electron chi connectivity index (χ2n) is 8.70. The molecule has 0 nitrogen and oxygen atoms in total. The molecule has 0 amide bonds. The van der Waals surface area contributed by atoms with Crippen LogP contribution in [0.1, 0.15) is 68.5 Å². The molecule has 0 saturated heterocycles. The third kappa shape index (κ3) is 4.79. The fourth-order valence-electron chi connectivity index (χ4n) is 4.52. The van der Waals surface area contributed by atoms with Gasteiger partial charge in [-0.1, -0.05) is 68.9 Å². The molecule has 0 aliphatic rings. The average Bonchev–Trinajstić information content (AvgIpc) is 3.40. The summed E-state index contributed by atoms with van der Waals surface area (Å²) in [5, 5.41) is 7.82. The van der Waals surface area contributed by atoms with E-state index in [0.717, 1.165) is 11.3 Å². The smallest absolute Gasteiger partial charge is 0.0781 e. The first-order chi connectivity index (χ1) is 16.2. The molecule has 0 aliphatic carbocycles. The number of benzene rings is 3. The minimum Gasteiger partial charge on any atom is -0.127 e. The van der Waals surface area contributed by atoms with Gasteiger partial charge in [0.1, 0.15) is 0 Å². The lowest BCUT2D eigenvalue weighted by atomic mass is 10.00. The molecule has 2 heterocycles. The van der Waals surface area contributed by atoms with Gasteiger partial charge in [0, 0.05) is 15.8 Å². The van der Waals surface area contributed by atoms with Crippen LogP contribution in [0.3, 0.4) is 0 Å². The van der Waals surface area contributed by atoms with Gasteiger partial charge in [-0.3, -0.25) is 0 Å². The highest BCUT2D eigenvalue weighted by molar-refractivity contribution is 7.20. The number of fused-ring (bicyclic) bond motifs is 5. The van der Waals surface area contributed by atoms with Crippen molar-refractivity contribution in [3.05, 3.63) is 58.3 Å². The number of thiophene rings is 2. The highest BCUT2D eigenvalue weighted by Gasteiger charge is 2.08. The summed E-state index contributed by atoms with van der Waals surface area (Å²) in [5.74, 6) is 13.1. The molecule has 0 bridgehead atoms. The summed E-state index contributed by atoms with van der Waals surface area (Å²) in [7, 11) is 0. The van der Waals surface area contributed by atoms with Crippen LogP contribution in [-0.4, -0.2) is 0 Å². The third-order valence-corrected chi connectivity index (χ3v) is 8.25. The zero-order chi connectivity index (χ0) is 22.6. The highest BCUT2D eigenvalue weighted by atomic mass is 32.1. The van der Waals surface area contributed by atoms with E-state index in [1.807, 2.05) is 18.3 Å². The quantitative estimate of drug-likeness (QED) is 0.133. The van der Waals surface area contributed by atoms with Crippen molar-refractivity contribution >= 4 is 64.4 Å². The fraction of sp³-hybridized carbons (Fsp3) is 0.290. The lowest BCUT2D eigenvalue weighted by molar-refractivity contribution is 0.614. The van der Waals surface area contributed by atoms with Crippen molar-refractivity contribution in [2.75, 3.05) is 0 Å². The van der Waals surface area contributed by atoms with Crippen LogP contribution >= 0.6 is 22.7 Å². The van der Waals surface area contributed by atoms with Gasteiger partial charge in [0.15, 0.2) is 0 Å². The van der Waals surface area contributed by atoms with Crippen molar-refractivity contribution in [3.63, 3.8) is 0 Å². The Balaban J connectivity index is 1.43. The largest absolute Gasteiger partial charge is 0.127 e. The van der Waals surface area contributed by atoms with E-state index in [1.54, 1.807) is 11.3 Å². The maximum atomic E-state index is 3.42. The first-order valence-corrected chi connectivity index (χ1v) is 13.6. The molecule has 3 aromatic carbocycles. The summed E-state index contributed by atoms with van der Waals surface area (Å²) in [4.78, 5) is 2.32. The monoisotopic (exact) mass is 464 g/mol. The minimum atomic E-state index is 1.01. The number of hydrogen-bond acceptors (Lipinski definition) is 2. The van der Waals surface area contributed by atoms with Gasteiger partial charge < -0.3 is 0 Å². The summed E-state index contributed by atoms with van der Waals surface area (Å²) in [6.45, 7) is 4.16. The Kier molecular flexibility index (Phi) is 6.68. The normalized spacial score (nSPS) is 11.1. The zero-order valence-electron chi connectivity index (χ0n) is 19.4. The molecule has 0 radical (unpaired) electrons. The minimum absolute atomic E-state index is 1.01. The molecule has 33 heavy (non-hydrogen) atoms. The average molecular weight is 465 g/mol. The number of unbranched alkanes of at least 4 members (excludes halogenated alkanes) is 6. The summed E-state index contributed by atoms with van der Waals surface area (Å²) >= 11 is 3.60. The van der Waals surface area contributed by atoms with E-state index in [-0.39, 0.29) is 0 Å². The number of hydrogen-bond donors (Lipinski definition) is 0. The molecule has 0 unspecified atom stereocenters. The van der Waals surface area contributed by atoms with Crippen molar-refractivity contribution in [1.82, 2.24) is 0 Å². The van der Waals surface area contributed by atoms with E-state index in [4.69, 9.17) is 0 Å². The SMILES string of the molecule is CC#Cc1cc2cc3ccc4cc5cc(C#CCCCCCCCC)sc5cc4c3cc2s1. The molecule has 5 aromatic rings. The third-order valence-electron chi connectivity index (χ3n) is 6.22. The first kappa shape index (κ1) is 22.0. The molecular weight excluding hydrogens is 436 g/mol. The van der Waals surface area contributed by atoms with E-state index < -0.39 is 0 Å². The van der Waals surface area contributed by atoms with E-state index in [1.165, 1.54) is 85.1 Å². The van der Waals surface area contributed by atoms with Gasteiger partial charge in [0.25, 0.3) is 0 Å². The van der Waals surface area contributed by atoms with Gasteiger partial charge in [-0.05, 0) is 82.1 Å². The van der Waals surface area contributed by atoms with Gasteiger partial charge in [0.2, 0.25) is 0 Å². The molecule has 2 heteroatoms. The molecule has 2 aromatic heterocycles. The number of rotatable bonds is 6. The summed E-state index contributed by atoms with van der Waals surface area (Å²) < 4.78 is 2.63. The highest BCUT2D eigenvalue weighted by Crippen LogP contribution is 2.36. The molecular formula is C31H28S2. The Morgan fingerprint density at radius 1 is 0.636 bits per heavy atom. The maximum absolute atomic E-state index is 3.42. The van der Waals surface area contributed by atoms with Crippen molar-refractivity contribution in [2.24, 2.45) is 0 Å². The van der Waals surface area contributed by atoms with Crippen molar-refractivity contribution in [2.45, 2.75) is 58.8 Å². The van der Waals surface area contributed by atoms with Gasteiger partial charge in [0.05, 0.1) is 9.75 Å². The molecule has 0 saturated carbocycles. The second-order valence-corrected chi connectivity index (χ2v) is 10.9. The molecule has 0 spiro atoms.